The first-order valence-corrected chi connectivity index (χ1v) is 10.5. The van der Waals surface area contributed by atoms with Crippen LogP contribution in [0.2, 0.25) is 5.02 Å². The molecule has 1 atom stereocenters. The molecule has 148 valence electrons. The van der Waals surface area contributed by atoms with Gasteiger partial charge in [-0.05, 0) is 35.7 Å². The lowest BCUT2D eigenvalue weighted by molar-refractivity contribution is -0.132. The number of aromatic nitrogens is 1. The topological polar surface area (TPSA) is 73.4 Å². The lowest BCUT2D eigenvalue weighted by atomic mass is 9.99. The number of amides is 1. The van der Waals surface area contributed by atoms with Crippen LogP contribution in [0.3, 0.4) is 0 Å². The second-order valence-corrected chi connectivity index (χ2v) is 8.33. The number of aliphatic hydroxyl groups is 1. The van der Waals surface area contributed by atoms with E-state index in [9.17, 15) is 14.7 Å². The van der Waals surface area contributed by atoms with Crippen molar-refractivity contribution >= 4 is 57.0 Å². The molecule has 3 heterocycles. The van der Waals surface area contributed by atoms with E-state index in [0.717, 1.165) is 15.8 Å². The van der Waals surface area contributed by atoms with Crippen LogP contribution in [0, 0.1) is 0 Å². The van der Waals surface area contributed by atoms with E-state index in [4.69, 9.17) is 11.6 Å². The average Bonchev–Trinajstić information content (AvgIpc) is 3.47. The van der Waals surface area contributed by atoms with Gasteiger partial charge >= 0.3 is 0 Å². The summed E-state index contributed by atoms with van der Waals surface area (Å²) in [7, 11) is 0. The van der Waals surface area contributed by atoms with Crippen LogP contribution in [0.15, 0.2) is 77.8 Å². The lowest BCUT2D eigenvalue weighted by Crippen LogP contribution is -2.29. The normalized spacial score (nSPS) is 18.4. The number of anilines is 1. The Balaban J connectivity index is 1.75. The monoisotopic (exact) mass is 434 g/mol. The van der Waals surface area contributed by atoms with Crippen LogP contribution in [-0.2, 0) is 9.59 Å². The van der Waals surface area contributed by atoms with E-state index >= 15 is 0 Å². The van der Waals surface area contributed by atoms with Crippen LogP contribution in [0.25, 0.3) is 16.7 Å². The minimum Gasteiger partial charge on any atom is -0.507 e. The second kappa shape index (κ2) is 7.16. The number of hydrogen-bond acceptors (Lipinski definition) is 4. The summed E-state index contributed by atoms with van der Waals surface area (Å²) in [5, 5.41) is 14.3. The zero-order chi connectivity index (χ0) is 20.8. The highest BCUT2D eigenvalue weighted by Gasteiger charge is 2.47. The van der Waals surface area contributed by atoms with Crippen molar-refractivity contribution in [1.82, 2.24) is 4.98 Å². The Kier molecular flexibility index (Phi) is 4.46. The number of carbonyl (C=O) groups excluding carboxylic acids is 2. The summed E-state index contributed by atoms with van der Waals surface area (Å²) in [6.45, 7) is 0. The van der Waals surface area contributed by atoms with Crippen molar-refractivity contribution in [3.05, 3.63) is 93.3 Å². The maximum Gasteiger partial charge on any atom is 0.300 e. The minimum absolute atomic E-state index is 0.0622. The molecule has 2 aromatic carbocycles. The zero-order valence-corrected chi connectivity index (χ0v) is 17.1. The fourth-order valence-corrected chi connectivity index (χ4v) is 4.86. The third kappa shape index (κ3) is 2.84. The predicted octanol–water partition coefficient (Wildman–Crippen LogP) is 5.51. The fourth-order valence-electron chi connectivity index (χ4n) is 3.85. The number of fused-ring (bicyclic) bond motifs is 1. The predicted molar refractivity (Wildman–Crippen MR) is 119 cm³/mol. The number of aliphatic hydroxyl groups excluding tert-OH is 1. The molecule has 2 N–H and O–H groups in total. The number of ketones is 1. The van der Waals surface area contributed by atoms with Gasteiger partial charge in [0.1, 0.15) is 11.8 Å². The molecule has 1 amide bonds. The molecule has 1 unspecified atom stereocenters. The minimum atomic E-state index is -0.739. The van der Waals surface area contributed by atoms with Crippen molar-refractivity contribution in [3.63, 3.8) is 0 Å². The third-order valence-electron chi connectivity index (χ3n) is 5.19. The molecule has 0 bridgehead atoms. The first-order valence-electron chi connectivity index (χ1n) is 9.22. The van der Waals surface area contributed by atoms with E-state index in [2.05, 4.69) is 4.98 Å². The van der Waals surface area contributed by atoms with E-state index in [0.29, 0.717) is 16.3 Å². The highest BCUT2D eigenvalue weighted by molar-refractivity contribution is 7.10. The standard InChI is InChI=1S/C23H15ClN2O3S/c24-13-5-3-6-14(11-13)26-20(18-9-4-10-30-18)19(22(28)23(26)29)21(27)16-12-25-17-8-2-1-7-15(16)17/h1-12,20,25,27H/b21-19-. The molecule has 5 rings (SSSR count). The smallest absolute Gasteiger partial charge is 0.300 e. The SMILES string of the molecule is O=C1C(=O)N(c2cccc(Cl)c2)C(c2cccs2)/C1=C(/O)c1c[nH]c2ccccc12. The molecule has 1 aliphatic heterocycles. The molecular weight excluding hydrogens is 420 g/mol. The van der Waals surface area contributed by atoms with Gasteiger partial charge in [0.05, 0.1) is 5.57 Å². The molecule has 1 saturated heterocycles. The van der Waals surface area contributed by atoms with Crippen molar-refractivity contribution in [3.8, 4) is 0 Å². The number of nitrogens with one attached hydrogen (secondary N) is 1. The highest BCUT2D eigenvalue weighted by Crippen LogP contribution is 2.44. The molecular formula is C23H15ClN2O3S. The number of benzene rings is 2. The first-order chi connectivity index (χ1) is 14.6. The molecule has 0 saturated carbocycles. The number of halogens is 1. The zero-order valence-electron chi connectivity index (χ0n) is 15.5. The largest absolute Gasteiger partial charge is 0.507 e. The summed E-state index contributed by atoms with van der Waals surface area (Å²) in [6, 6.07) is 17.2. The average molecular weight is 435 g/mol. The first kappa shape index (κ1) is 18.7. The Hall–Kier alpha value is -3.35. The van der Waals surface area contributed by atoms with Crippen LogP contribution < -0.4 is 4.90 Å². The number of aromatic amines is 1. The molecule has 2 aromatic heterocycles. The second-order valence-electron chi connectivity index (χ2n) is 6.91. The number of hydrogen-bond donors (Lipinski definition) is 2. The van der Waals surface area contributed by atoms with Gasteiger partial charge in [-0.2, -0.15) is 0 Å². The molecule has 30 heavy (non-hydrogen) atoms. The van der Waals surface area contributed by atoms with Gasteiger partial charge in [-0.25, -0.2) is 0 Å². The van der Waals surface area contributed by atoms with Gasteiger partial charge in [0.25, 0.3) is 11.7 Å². The Labute approximate surface area is 180 Å². The van der Waals surface area contributed by atoms with Crippen LogP contribution in [0.4, 0.5) is 5.69 Å². The summed E-state index contributed by atoms with van der Waals surface area (Å²) in [6.07, 6.45) is 1.65. The summed E-state index contributed by atoms with van der Waals surface area (Å²) < 4.78 is 0. The number of para-hydroxylation sites is 1. The molecule has 0 aliphatic carbocycles. The van der Waals surface area contributed by atoms with Crippen LogP contribution >= 0.6 is 22.9 Å². The maximum absolute atomic E-state index is 13.1. The van der Waals surface area contributed by atoms with Crippen molar-refractivity contribution in [2.24, 2.45) is 0 Å². The summed E-state index contributed by atoms with van der Waals surface area (Å²) >= 11 is 7.56. The molecule has 4 aromatic rings. The molecule has 1 aliphatic rings. The van der Waals surface area contributed by atoms with Crippen molar-refractivity contribution in [2.75, 3.05) is 4.90 Å². The fraction of sp³-hybridized carbons (Fsp3) is 0.0435. The number of rotatable bonds is 3. The number of nitrogens with zero attached hydrogens (tertiary/aromatic N) is 1. The van der Waals surface area contributed by atoms with Crippen molar-refractivity contribution in [2.45, 2.75) is 6.04 Å². The van der Waals surface area contributed by atoms with E-state index in [-0.39, 0.29) is 11.3 Å². The number of thiophene rings is 1. The number of carbonyl (C=O) groups is 2. The van der Waals surface area contributed by atoms with Gasteiger partial charge in [0.15, 0.2) is 0 Å². The summed E-state index contributed by atoms with van der Waals surface area (Å²) in [4.78, 5) is 31.4. The summed E-state index contributed by atoms with van der Waals surface area (Å²) in [5.41, 5.74) is 1.88. The van der Waals surface area contributed by atoms with Gasteiger partial charge in [-0.1, -0.05) is 41.9 Å². The molecule has 7 heteroatoms. The van der Waals surface area contributed by atoms with E-state index < -0.39 is 17.7 Å². The Bertz CT molecular complexity index is 1320. The van der Waals surface area contributed by atoms with Crippen molar-refractivity contribution < 1.29 is 14.7 Å². The lowest BCUT2D eigenvalue weighted by Gasteiger charge is -2.24. The van der Waals surface area contributed by atoms with E-state index in [1.165, 1.54) is 16.2 Å². The molecule has 0 spiro atoms. The Morgan fingerprint density at radius 1 is 1.07 bits per heavy atom. The molecule has 1 fully saturated rings. The third-order valence-corrected chi connectivity index (χ3v) is 6.35. The highest BCUT2D eigenvalue weighted by atomic mass is 35.5. The van der Waals surface area contributed by atoms with Gasteiger partial charge in [0, 0.05) is 38.3 Å². The van der Waals surface area contributed by atoms with E-state index in [1.54, 1.807) is 30.5 Å². The maximum atomic E-state index is 13.1. The van der Waals surface area contributed by atoms with Gasteiger partial charge < -0.3 is 10.1 Å². The molecule has 5 nitrogen and oxygen atoms in total. The number of Topliss-reactive ketones (excluding diaryl/α,β-unsaturated/α-hetero) is 1. The Morgan fingerprint density at radius 3 is 2.67 bits per heavy atom. The van der Waals surface area contributed by atoms with Gasteiger partial charge in [0.2, 0.25) is 0 Å². The van der Waals surface area contributed by atoms with Crippen LogP contribution in [-0.4, -0.2) is 21.8 Å². The summed E-state index contributed by atoms with van der Waals surface area (Å²) in [5.74, 6) is -1.62. The molecule has 0 radical (unpaired) electrons. The van der Waals surface area contributed by atoms with E-state index in [1.807, 2.05) is 41.8 Å². The van der Waals surface area contributed by atoms with Crippen LogP contribution in [0.5, 0.6) is 0 Å². The number of H-pyrrole nitrogens is 1. The van der Waals surface area contributed by atoms with Gasteiger partial charge in [-0.3, -0.25) is 14.5 Å². The van der Waals surface area contributed by atoms with Gasteiger partial charge in [-0.15, -0.1) is 11.3 Å². The Morgan fingerprint density at radius 2 is 1.90 bits per heavy atom. The van der Waals surface area contributed by atoms with Crippen molar-refractivity contribution in [1.29, 1.82) is 0 Å². The van der Waals surface area contributed by atoms with Crippen LogP contribution in [0.1, 0.15) is 16.5 Å². The quantitative estimate of drug-likeness (QED) is 0.253.